The van der Waals surface area contributed by atoms with E-state index in [1.165, 1.54) is 25.7 Å². The maximum absolute atomic E-state index is 12.7. The molecule has 4 heteroatoms. The van der Waals surface area contributed by atoms with Crippen LogP contribution in [0.25, 0.3) is 0 Å². The van der Waals surface area contributed by atoms with E-state index in [1.807, 2.05) is 42.5 Å². The van der Waals surface area contributed by atoms with E-state index in [1.54, 1.807) is 12.1 Å². The maximum Gasteiger partial charge on any atom is 0.177 e. The van der Waals surface area contributed by atoms with Crippen LogP contribution in [0.3, 0.4) is 0 Å². The predicted molar refractivity (Wildman–Crippen MR) is 104 cm³/mol. The van der Waals surface area contributed by atoms with Gasteiger partial charge in [0.25, 0.3) is 0 Å². The van der Waals surface area contributed by atoms with Crippen LogP contribution >= 0.6 is 0 Å². The minimum atomic E-state index is -1.31. The highest BCUT2D eigenvalue weighted by molar-refractivity contribution is 7.85. The number of hydrogen-bond acceptors (Lipinski definition) is 3. The third-order valence-corrected chi connectivity index (χ3v) is 6.31. The molecule has 0 heterocycles. The first-order valence-corrected chi connectivity index (χ1v) is 10.3. The summed E-state index contributed by atoms with van der Waals surface area (Å²) in [6.07, 6.45) is 5.10. The monoisotopic (exact) mass is 355 g/mol. The lowest BCUT2D eigenvalue weighted by atomic mass is 9.98. The lowest BCUT2D eigenvalue weighted by Crippen LogP contribution is -2.25. The second-order valence-electron chi connectivity index (χ2n) is 6.75. The molecule has 3 rings (SSSR count). The number of carbonyl (C=O) groups is 1. The van der Waals surface area contributed by atoms with Crippen molar-refractivity contribution in [3.63, 3.8) is 0 Å². The molecule has 2 aromatic rings. The van der Waals surface area contributed by atoms with Gasteiger partial charge in [-0.1, -0.05) is 43.2 Å². The van der Waals surface area contributed by atoms with Gasteiger partial charge in [-0.3, -0.25) is 9.00 Å². The summed E-state index contributed by atoms with van der Waals surface area (Å²) in [5, 5.41) is 3.53. The van der Waals surface area contributed by atoms with Gasteiger partial charge in [-0.05, 0) is 49.9 Å². The van der Waals surface area contributed by atoms with Crippen molar-refractivity contribution in [3.8, 4) is 0 Å². The number of benzene rings is 2. The molecule has 1 fully saturated rings. The summed E-state index contributed by atoms with van der Waals surface area (Å²) in [6, 6.07) is 17.1. The first kappa shape index (κ1) is 17.9. The summed E-state index contributed by atoms with van der Waals surface area (Å²) in [7, 11) is -1.31. The number of rotatable bonds is 7. The molecular formula is C21H25NO2S. The molecule has 1 aliphatic rings. The van der Waals surface area contributed by atoms with Crippen molar-refractivity contribution in [2.45, 2.75) is 43.5 Å². The quantitative estimate of drug-likeness (QED) is 0.734. The molecule has 1 aliphatic carbocycles. The summed E-state index contributed by atoms with van der Waals surface area (Å²) in [6.45, 7) is 2.19. The van der Waals surface area contributed by atoms with Gasteiger partial charge in [0, 0.05) is 22.2 Å². The predicted octanol–water partition coefficient (Wildman–Crippen LogP) is 4.67. The van der Waals surface area contributed by atoms with E-state index in [-0.39, 0.29) is 11.5 Å². The van der Waals surface area contributed by atoms with E-state index in [0.29, 0.717) is 22.4 Å². The number of carbonyl (C=O) groups excluding carboxylic acids is 1. The molecule has 0 amide bonds. The average Bonchev–Trinajstić information content (AvgIpc) is 3.17. The highest BCUT2D eigenvalue weighted by Crippen LogP contribution is 2.30. The number of ketones is 1. The Balaban J connectivity index is 1.71. The molecule has 0 spiro atoms. The van der Waals surface area contributed by atoms with Crippen molar-refractivity contribution in [3.05, 3.63) is 60.2 Å². The molecule has 132 valence electrons. The van der Waals surface area contributed by atoms with Gasteiger partial charge in [-0.25, -0.2) is 0 Å². The molecule has 0 aliphatic heterocycles. The second-order valence-corrected chi connectivity index (χ2v) is 8.20. The summed E-state index contributed by atoms with van der Waals surface area (Å²) in [5.74, 6) is 0.603. The topological polar surface area (TPSA) is 46.2 Å². The van der Waals surface area contributed by atoms with Crippen LogP contribution in [-0.2, 0) is 10.8 Å². The Kier molecular flexibility index (Phi) is 6.03. The van der Waals surface area contributed by atoms with Crippen LogP contribution < -0.4 is 5.32 Å². The Labute approximate surface area is 152 Å². The summed E-state index contributed by atoms with van der Waals surface area (Å²) < 4.78 is 12.4. The molecule has 1 saturated carbocycles. The molecular weight excluding hydrogens is 330 g/mol. The van der Waals surface area contributed by atoms with Crippen LogP contribution in [0, 0.1) is 5.92 Å². The first-order chi connectivity index (χ1) is 12.1. The number of hydrogen-bond donors (Lipinski definition) is 1. The number of Topliss-reactive ketones (excluding diaryl/α,β-unsaturated/α-hetero) is 1. The van der Waals surface area contributed by atoms with Crippen molar-refractivity contribution in [1.29, 1.82) is 0 Å². The Bertz CT molecular complexity index is 739. The molecule has 2 aromatic carbocycles. The number of nitrogens with one attached hydrogen (secondary N) is 1. The standard InChI is InChI=1S/C21H25NO2S/c1-16(17-9-5-6-10-17)22-20-14-8-7-13-19(20)21(23)15-25(24)18-11-3-2-4-12-18/h2-4,7-8,11-14,16-17,22H,5-6,9-10,15H2,1H3. The van der Waals surface area contributed by atoms with E-state index in [0.717, 1.165) is 5.69 Å². The van der Waals surface area contributed by atoms with E-state index in [4.69, 9.17) is 0 Å². The summed E-state index contributed by atoms with van der Waals surface area (Å²) >= 11 is 0. The van der Waals surface area contributed by atoms with Crippen LogP contribution in [0.5, 0.6) is 0 Å². The molecule has 0 radical (unpaired) electrons. The fraction of sp³-hybridized carbons (Fsp3) is 0.381. The molecule has 1 N–H and O–H groups in total. The van der Waals surface area contributed by atoms with E-state index in [2.05, 4.69) is 12.2 Å². The van der Waals surface area contributed by atoms with Crippen LogP contribution in [0.2, 0.25) is 0 Å². The Morgan fingerprint density at radius 1 is 1.08 bits per heavy atom. The molecule has 25 heavy (non-hydrogen) atoms. The van der Waals surface area contributed by atoms with Crippen LogP contribution in [-0.4, -0.2) is 21.8 Å². The number of anilines is 1. The van der Waals surface area contributed by atoms with Crippen LogP contribution in [0.15, 0.2) is 59.5 Å². The van der Waals surface area contributed by atoms with E-state index in [9.17, 15) is 9.00 Å². The first-order valence-electron chi connectivity index (χ1n) is 8.97. The summed E-state index contributed by atoms with van der Waals surface area (Å²) in [4.78, 5) is 13.4. The SMILES string of the molecule is CC(Nc1ccccc1C(=O)CS(=O)c1ccccc1)C1CCCC1. The lowest BCUT2D eigenvalue weighted by molar-refractivity contribution is 0.102. The fourth-order valence-electron chi connectivity index (χ4n) is 3.53. The highest BCUT2D eigenvalue weighted by Gasteiger charge is 2.23. The molecule has 0 saturated heterocycles. The van der Waals surface area contributed by atoms with Crippen molar-refractivity contribution in [2.75, 3.05) is 11.1 Å². The van der Waals surface area contributed by atoms with Gasteiger partial charge < -0.3 is 5.32 Å². The fourth-order valence-corrected chi connectivity index (χ4v) is 4.55. The van der Waals surface area contributed by atoms with Crippen molar-refractivity contribution >= 4 is 22.3 Å². The van der Waals surface area contributed by atoms with Crippen LogP contribution in [0.4, 0.5) is 5.69 Å². The number of para-hydroxylation sites is 1. The highest BCUT2D eigenvalue weighted by atomic mass is 32.2. The van der Waals surface area contributed by atoms with Crippen LogP contribution in [0.1, 0.15) is 43.0 Å². The average molecular weight is 356 g/mol. The minimum Gasteiger partial charge on any atom is -0.382 e. The Hall–Kier alpha value is -1.94. The van der Waals surface area contributed by atoms with Gasteiger partial charge in [0.15, 0.2) is 5.78 Å². The van der Waals surface area contributed by atoms with Gasteiger partial charge in [0.05, 0.1) is 16.6 Å². The maximum atomic E-state index is 12.7. The molecule has 2 atom stereocenters. The third-order valence-electron chi connectivity index (χ3n) is 4.99. The lowest BCUT2D eigenvalue weighted by Gasteiger charge is -2.23. The molecule has 3 nitrogen and oxygen atoms in total. The van der Waals surface area contributed by atoms with Crippen molar-refractivity contribution < 1.29 is 9.00 Å². The largest absolute Gasteiger partial charge is 0.382 e. The molecule has 0 bridgehead atoms. The van der Waals surface area contributed by atoms with E-state index < -0.39 is 10.8 Å². The van der Waals surface area contributed by atoms with Gasteiger partial charge >= 0.3 is 0 Å². The third kappa shape index (κ3) is 4.57. The van der Waals surface area contributed by atoms with Gasteiger partial charge in [-0.15, -0.1) is 0 Å². The smallest absolute Gasteiger partial charge is 0.177 e. The normalized spacial score (nSPS) is 17.2. The molecule has 0 aromatic heterocycles. The van der Waals surface area contributed by atoms with E-state index >= 15 is 0 Å². The zero-order valence-corrected chi connectivity index (χ0v) is 15.4. The summed E-state index contributed by atoms with van der Waals surface area (Å²) in [5.41, 5.74) is 1.49. The Morgan fingerprint density at radius 3 is 2.44 bits per heavy atom. The van der Waals surface area contributed by atoms with Crippen molar-refractivity contribution in [2.24, 2.45) is 5.92 Å². The van der Waals surface area contributed by atoms with Gasteiger partial charge in [0.1, 0.15) is 0 Å². The zero-order chi connectivity index (χ0) is 17.6. The molecule has 2 unspecified atom stereocenters. The van der Waals surface area contributed by atoms with Crippen molar-refractivity contribution in [1.82, 2.24) is 0 Å². The van der Waals surface area contributed by atoms with Gasteiger partial charge in [-0.2, -0.15) is 0 Å². The Morgan fingerprint density at radius 2 is 1.72 bits per heavy atom. The van der Waals surface area contributed by atoms with Gasteiger partial charge in [0.2, 0.25) is 0 Å². The second kappa shape index (κ2) is 8.43. The zero-order valence-electron chi connectivity index (χ0n) is 14.6. The minimum absolute atomic E-state index is 0.0144.